The summed E-state index contributed by atoms with van der Waals surface area (Å²) in [5.74, 6) is 0. The third kappa shape index (κ3) is 5.65. The normalized spacial score (nSPS) is 10.4. The molecule has 0 radical (unpaired) electrons. The molecule has 0 amide bonds. The zero-order valence-corrected chi connectivity index (χ0v) is 11.1. The molecule has 14 heavy (non-hydrogen) atoms. The van der Waals surface area contributed by atoms with E-state index in [-0.39, 0.29) is 20.9 Å². The molecule has 0 unspecified atom stereocenters. The molecule has 78 valence electrons. The number of hydrogen-bond donors (Lipinski definition) is 0. The Morgan fingerprint density at radius 3 is 2.71 bits per heavy atom. The standard InChI is InChI=1S/C12H18OTe/c1-2-3-9-14-11-13-10-12-7-5-4-6-8-12/h4-8H,2-3,9-11H2,1H3. The van der Waals surface area contributed by atoms with Gasteiger partial charge in [0.25, 0.3) is 0 Å². The zero-order valence-electron chi connectivity index (χ0n) is 8.74. The Hall–Kier alpha value is -0.0304. The van der Waals surface area contributed by atoms with Crippen molar-refractivity contribution in [3.8, 4) is 0 Å². The fourth-order valence-corrected chi connectivity index (χ4v) is 3.42. The monoisotopic (exact) mass is 308 g/mol. The third-order valence-corrected chi connectivity index (χ3v) is 4.52. The summed E-state index contributed by atoms with van der Waals surface area (Å²) in [4.78, 5) is 0. The van der Waals surface area contributed by atoms with E-state index in [1.54, 1.807) is 0 Å². The van der Waals surface area contributed by atoms with Gasteiger partial charge in [0.1, 0.15) is 0 Å². The van der Waals surface area contributed by atoms with E-state index in [1.807, 2.05) is 6.07 Å². The first-order valence-corrected chi connectivity index (χ1v) is 8.42. The molecule has 0 spiro atoms. The van der Waals surface area contributed by atoms with Gasteiger partial charge in [0.05, 0.1) is 0 Å². The van der Waals surface area contributed by atoms with Gasteiger partial charge in [-0.2, -0.15) is 0 Å². The van der Waals surface area contributed by atoms with Crippen LogP contribution in [0.15, 0.2) is 30.3 Å². The number of rotatable bonds is 7. The first-order valence-electron chi connectivity index (χ1n) is 5.13. The second kappa shape index (κ2) is 8.29. The second-order valence-corrected chi connectivity index (χ2v) is 6.22. The van der Waals surface area contributed by atoms with Crippen molar-refractivity contribution in [1.29, 1.82) is 0 Å². The van der Waals surface area contributed by atoms with E-state index in [0.29, 0.717) is 0 Å². The van der Waals surface area contributed by atoms with Crippen LogP contribution in [0.2, 0.25) is 4.47 Å². The quantitative estimate of drug-likeness (QED) is 0.556. The second-order valence-electron chi connectivity index (χ2n) is 3.21. The molecule has 0 saturated carbocycles. The third-order valence-electron chi connectivity index (χ3n) is 1.92. The first-order chi connectivity index (χ1) is 6.93. The predicted octanol–water partition coefficient (Wildman–Crippen LogP) is 3.08. The van der Waals surface area contributed by atoms with Gasteiger partial charge in [-0.1, -0.05) is 0 Å². The van der Waals surface area contributed by atoms with Crippen LogP contribution in [0.3, 0.4) is 0 Å². The summed E-state index contributed by atoms with van der Waals surface area (Å²) >= 11 is 0.135. The molecule has 0 aromatic heterocycles. The fraction of sp³-hybridized carbons (Fsp3) is 0.500. The van der Waals surface area contributed by atoms with E-state index in [2.05, 4.69) is 31.2 Å². The number of hydrogen-bond acceptors (Lipinski definition) is 1. The number of ether oxygens (including phenoxy) is 1. The molecule has 0 aliphatic carbocycles. The maximum absolute atomic E-state index is 5.62. The molecule has 1 nitrogen and oxygen atoms in total. The molecular weight excluding hydrogens is 288 g/mol. The number of unbranched alkanes of at least 4 members (excludes halogenated alkanes) is 1. The van der Waals surface area contributed by atoms with Crippen molar-refractivity contribution in [2.45, 2.75) is 30.8 Å². The molecule has 0 bridgehead atoms. The molecule has 0 N–H and O–H groups in total. The summed E-state index contributed by atoms with van der Waals surface area (Å²) in [5.41, 5.74) is 1.29. The summed E-state index contributed by atoms with van der Waals surface area (Å²) < 4.78 is 8.08. The Labute approximate surface area is 96.9 Å². The molecule has 2 heteroatoms. The topological polar surface area (TPSA) is 9.23 Å². The van der Waals surface area contributed by atoms with Crippen LogP contribution in [-0.2, 0) is 11.3 Å². The Morgan fingerprint density at radius 2 is 2.00 bits per heavy atom. The maximum atomic E-state index is 5.62. The molecule has 0 aliphatic heterocycles. The van der Waals surface area contributed by atoms with Gasteiger partial charge in [-0.25, -0.2) is 0 Å². The molecule has 1 aromatic rings. The Balaban J connectivity index is 1.99. The Morgan fingerprint density at radius 1 is 1.21 bits per heavy atom. The van der Waals surface area contributed by atoms with Crippen LogP contribution in [0, 0.1) is 0 Å². The van der Waals surface area contributed by atoms with E-state index in [1.165, 1.54) is 22.9 Å². The summed E-state index contributed by atoms with van der Waals surface area (Å²) in [6.07, 6.45) is 2.71. The number of benzene rings is 1. The van der Waals surface area contributed by atoms with Gasteiger partial charge in [0, 0.05) is 0 Å². The Kier molecular flexibility index (Phi) is 7.13. The van der Waals surface area contributed by atoms with E-state index in [9.17, 15) is 0 Å². The molecular formula is C12H18OTe. The van der Waals surface area contributed by atoms with E-state index < -0.39 is 0 Å². The van der Waals surface area contributed by atoms with Crippen LogP contribution in [0.4, 0.5) is 0 Å². The Bertz CT molecular complexity index is 223. The molecule has 1 rings (SSSR count). The van der Waals surface area contributed by atoms with Gasteiger partial charge in [-0.3, -0.25) is 0 Å². The van der Waals surface area contributed by atoms with Crippen LogP contribution in [-0.4, -0.2) is 25.6 Å². The molecule has 0 atom stereocenters. The minimum absolute atomic E-state index is 0.135. The predicted molar refractivity (Wildman–Crippen MR) is 61.6 cm³/mol. The minimum atomic E-state index is 0.135. The van der Waals surface area contributed by atoms with Crippen molar-refractivity contribution >= 4 is 20.9 Å². The first kappa shape index (κ1) is 12.0. The van der Waals surface area contributed by atoms with E-state index >= 15 is 0 Å². The van der Waals surface area contributed by atoms with Crippen LogP contribution in [0.25, 0.3) is 0 Å². The van der Waals surface area contributed by atoms with E-state index in [4.69, 9.17) is 4.74 Å². The van der Waals surface area contributed by atoms with Gasteiger partial charge in [0.2, 0.25) is 0 Å². The van der Waals surface area contributed by atoms with Gasteiger partial charge < -0.3 is 0 Å². The van der Waals surface area contributed by atoms with E-state index in [0.717, 1.165) is 11.3 Å². The van der Waals surface area contributed by atoms with Gasteiger partial charge >= 0.3 is 97.1 Å². The average molecular weight is 306 g/mol. The molecule has 0 aliphatic rings. The SMILES string of the molecule is CCCC[Te]COCc1ccccc1. The van der Waals surface area contributed by atoms with Crippen molar-refractivity contribution in [2.24, 2.45) is 0 Å². The van der Waals surface area contributed by atoms with Crippen molar-refractivity contribution in [1.82, 2.24) is 0 Å². The molecule has 0 saturated heterocycles. The van der Waals surface area contributed by atoms with Crippen molar-refractivity contribution < 1.29 is 4.74 Å². The zero-order chi connectivity index (χ0) is 10.1. The average Bonchev–Trinajstić information content (AvgIpc) is 2.25. The van der Waals surface area contributed by atoms with Crippen LogP contribution in [0.1, 0.15) is 25.3 Å². The van der Waals surface area contributed by atoms with Crippen molar-refractivity contribution in [3.63, 3.8) is 0 Å². The van der Waals surface area contributed by atoms with Crippen LogP contribution in [0.5, 0.6) is 0 Å². The van der Waals surface area contributed by atoms with Gasteiger partial charge in [-0.15, -0.1) is 0 Å². The van der Waals surface area contributed by atoms with Crippen LogP contribution < -0.4 is 0 Å². The molecule has 0 heterocycles. The van der Waals surface area contributed by atoms with Crippen molar-refractivity contribution in [2.75, 3.05) is 4.65 Å². The summed E-state index contributed by atoms with van der Waals surface area (Å²) in [6, 6.07) is 10.4. The molecule has 0 fully saturated rings. The van der Waals surface area contributed by atoms with Gasteiger partial charge in [-0.05, 0) is 0 Å². The van der Waals surface area contributed by atoms with Crippen molar-refractivity contribution in [3.05, 3.63) is 35.9 Å². The summed E-state index contributed by atoms with van der Waals surface area (Å²) in [5, 5.41) is 0. The van der Waals surface area contributed by atoms with Crippen LogP contribution >= 0.6 is 0 Å². The molecule has 1 aromatic carbocycles. The summed E-state index contributed by atoms with van der Waals surface area (Å²) in [6.45, 7) is 3.04. The van der Waals surface area contributed by atoms with Gasteiger partial charge in [0.15, 0.2) is 0 Å². The summed E-state index contributed by atoms with van der Waals surface area (Å²) in [7, 11) is 0. The fourth-order valence-electron chi connectivity index (χ4n) is 1.10.